The Morgan fingerprint density at radius 2 is 1.24 bits per heavy atom. The Bertz CT molecular complexity index is 1010. The Morgan fingerprint density at radius 1 is 0.765 bits per heavy atom. The van der Waals surface area contributed by atoms with Gasteiger partial charge in [0.1, 0.15) is 5.75 Å². The predicted molar refractivity (Wildman–Crippen MR) is 131 cm³/mol. The van der Waals surface area contributed by atoms with Crippen LogP contribution in [0.1, 0.15) is 34.6 Å². The Balaban J connectivity index is 2.55. The Hall–Kier alpha value is -3.11. The molecule has 0 spiro atoms. The number of ketones is 2. The molecule has 0 saturated heterocycles. The summed E-state index contributed by atoms with van der Waals surface area (Å²) < 4.78 is 15.3. The first-order valence-electron chi connectivity index (χ1n) is 10.4. The van der Waals surface area contributed by atoms with Gasteiger partial charge in [-0.05, 0) is 50.2 Å². The van der Waals surface area contributed by atoms with Gasteiger partial charge < -0.3 is 14.2 Å². The second-order valence-electron chi connectivity index (χ2n) is 6.47. The van der Waals surface area contributed by atoms with E-state index in [2.05, 4.69) is 4.98 Å². The molecule has 0 amide bonds. The van der Waals surface area contributed by atoms with E-state index in [9.17, 15) is 19.2 Å². The van der Waals surface area contributed by atoms with Gasteiger partial charge in [-0.1, -0.05) is 0 Å². The first kappa shape index (κ1) is 27.1. The highest BCUT2D eigenvalue weighted by Gasteiger charge is 2.27. The zero-order chi connectivity index (χ0) is 24.9. The van der Waals surface area contributed by atoms with E-state index in [1.807, 2.05) is 0 Å². The molecule has 8 nitrogen and oxygen atoms in total. The number of ether oxygens (including phenoxy) is 3. The van der Waals surface area contributed by atoms with E-state index < -0.39 is 23.5 Å². The van der Waals surface area contributed by atoms with E-state index in [4.69, 9.17) is 14.2 Å². The monoisotopic (exact) mass is 503 g/mol. The first-order chi connectivity index (χ1) is 16.4. The average molecular weight is 504 g/mol. The van der Waals surface area contributed by atoms with Crippen molar-refractivity contribution < 1.29 is 33.4 Å². The molecule has 2 rings (SSSR count). The number of Topliss-reactive ketones (excluding diaryl/α,β-unsaturated/α-hetero) is 2. The third-order valence-electron chi connectivity index (χ3n) is 4.21. The minimum atomic E-state index is -0.550. The van der Waals surface area contributed by atoms with Crippen molar-refractivity contribution in [3.8, 4) is 5.75 Å². The third-order valence-corrected chi connectivity index (χ3v) is 6.61. The number of nitrogens with zero attached hydrogens (tertiary/aromatic N) is 1. The highest BCUT2D eigenvalue weighted by molar-refractivity contribution is 8.22. The number of hydrogen-bond donors (Lipinski definition) is 0. The van der Waals surface area contributed by atoms with Crippen LogP contribution in [0, 0.1) is 0 Å². The number of hydrogen-bond acceptors (Lipinski definition) is 10. The van der Waals surface area contributed by atoms with Gasteiger partial charge in [0.2, 0.25) is 0 Å². The van der Waals surface area contributed by atoms with Gasteiger partial charge >= 0.3 is 11.9 Å². The number of pyridine rings is 1. The molecule has 0 aliphatic carbocycles. The maximum Gasteiger partial charge on any atom is 0.316 e. The molecular formula is C24H25NO7S2. The van der Waals surface area contributed by atoms with Crippen LogP contribution in [0.25, 0.3) is 0 Å². The van der Waals surface area contributed by atoms with E-state index >= 15 is 0 Å². The van der Waals surface area contributed by atoms with Crippen molar-refractivity contribution in [1.82, 2.24) is 4.98 Å². The number of benzene rings is 1. The van der Waals surface area contributed by atoms with Crippen LogP contribution in [0.2, 0.25) is 0 Å². The van der Waals surface area contributed by atoms with E-state index in [0.29, 0.717) is 5.75 Å². The Kier molecular flexibility index (Phi) is 11.3. The fraction of sp³-hybridized carbons (Fsp3) is 0.292. The molecule has 0 atom stereocenters. The highest BCUT2D eigenvalue weighted by atomic mass is 32.2. The zero-order valence-corrected chi connectivity index (χ0v) is 20.7. The number of carbonyl (C=O) groups excluding carboxylic acids is 4. The van der Waals surface area contributed by atoms with Crippen LogP contribution in [-0.4, -0.2) is 60.3 Å². The number of esters is 2. The molecule has 0 N–H and O–H groups in total. The van der Waals surface area contributed by atoms with Crippen molar-refractivity contribution in [2.24, 2.45) is 0 Å². The van der Waals surface area contributed by atoms with Crippen LogP contribution in [-0.2, 0) is 19.1 Å². The van der Waals surface area contributed by atoms with Crippen LogP contribution in [0.4, 0.5) is 0 Å². The number of rotatable bonds is 13. The number of aromatic nitrogens is 1. The molecule has 0 bridgehead atoms. The molecule has 0 aliphatic heterocycles. The van der Waals surface area contributed by atoms with Gasteiger partial charge in [-0.2, -0.15) is 0 Å². The summed E-state index contributed by atoms with van der Waals surface area (Å²) in [6.45, 7) is 3.75. The SMILES string of the molecule is CCOC(=O)CSC(SCC(=O)OCC)=C(C(=O)c1ccncc1)C(=O)c1ccc(OC)cc1. The van der Waals surface area contributed by atoms with Crippen LogP contribution in [0.5, 0.6) is 5.75 Å². The van der Waals surface area contributed by atoms with Crippen molar-refractivity contribution in [3.05, 3.63) is 69.7 Å². The Labute approximate surface area is 206 Å². The van der Waals surface area contributed by atoms with Crippen molar-refractivity contribution in [2.45, 2.75) is 13.8 Å². The number of methoxy groups -OCH3 is 1. The molecular weight excluding hydrogens is 478 g/mol. The third kappa shape index (κ3) is 8.03. The van der Waals surface area contributed by atoms with Crippen LogP contribution in [0.15, 0.2) is 58.6 Å². The minimum absolute atomic E-state index is 0.137. The average Bonchev–Trinajstić information content (AvgIpc) is 2.86. The molecule has 0 saturated carbocycles. The molecule has 0 fully saturated rings. The normalized spacial score (nSPS) is 10.2. The van der Waals surface area contributed by atoms with Gasteiger partial charge in [0.25, 0.3) is 0 Å². The van der Waals surface area contributed by atoms with Gasteiger partial charge in [-0.3, -0.25) is 24.2 Å². The number of allylic oxidation sites excluding steroid dienone is 1. The molecule has 1 aromatic carbocycles. The van der Waals surface area contributed by atoms with Gasteiger partial charge in [-0.15, -0.1) is 23.5 Å². The molecule has 1 heterocycles. The summed E-state index contributed by atoms with van der Waals surface area (Å²) in [6, 6.07) is 9.30. The summed E-state index contributed by atoms with van der Waals surface area (Å²) in [6.07, 6.45) is 2.89. The summed E-state index contributed by atoms with van der Waals surface area (Å²) >= 11 is 1.94. The smallest absolute Gasteiger partial charge is 0.316 e. The second-order valence-corrected chi connectivity index (χ2v) is 8.70. The molecule has 0 radical (unpaired) electrons. The Morgan fingerprint density at radius 3 is 1.68 bits per heavy atom. The maximum absolute atomic E-state index is 13.5. The molecule has 0 unspecified atom stereocenters. The lowest BCUT2D eigenvalue weighted by atomic mass is 9.97. The quantitative estimate of drug-likeness (QED) is 0.131. The highest BCUT2D eigenvalue weighted by Crippen LogP contribution is 2.35. The fourth-order valence-electron chi connectivity index (χ4n) is 2.66. The summed E-state index contributed by atoms with van der Waals surface area (Å²) in [5, 5.41) is 0. The van der Waals surface area contributed by atoms with E-state index in [1.165, 1.54) is 31.6 Å². The maximum atomic E-state index is 13.5. The van der Waals surface area contributed by atoms with Crippen LogP contribution < -0.4 is 4.74 Å². The minimum Gasteiger partial charge on any atom is -0.497 e. The predicted octanol–water partition coefficient (Wildman–Crippen LogP) is 3.96. The molecule has 34 heavy (non-hydrogen) atoms. The molecule has 180 valence electrons. The summed E-state index contributed by atoms with van der Waals surface area (Å²) in [4.78, 5) is 54.9. The van der Waals surface area contributed by atoms with Crippen molar-refractivity contribution in [3.63, 3.8) is 0 Å². The zero-order valence-electron chi connectivity index (χ0n) is 19.1. The van der Waals surface area contributed by atoms with Crippen molar-refractivity contribution >= 4 is 47.0 Å². The van der Waals surface area contributed by atoms with E-state index in [1.54, 1.807) is 38.1 Å². The second kappa shape index (κ2) is 14.2. The van der Waals surface area contributed by atoms with Crippen molar-refractivity contribution in [2.75, 3.05) is 31.8 Å². The van der Waals surface area contributed by atoms with Gasteiger partial charge in [0, 0.05) is 23.5 Å². The standard InChI is InChI=1S/C24H25NO7S2/c1-4-31-19(26)14-33-24(34-15-20(27)32-5-2)21(23(29)17-10-12-25-13-11-17)22(28)16-6-8-18(30-3)9-7-16/h6-13H,4-5,14-15H2,1-3H3. The van der Waals surface area contributed by atoms with E-state index in [-0.39, 0.29) is 45.7 Å². The van der Waals surface area contributed by atoms with E-state index in [0.717, 1.165) is 23.5 Å². The fourth-order valence-corrected chi connectivity index (χ4v) is 4.67. The molecule has 0 aliphatic rings. The summed E-state index contributed by atoms with van der Waals surface area (Å²) in [5.74, 6) is -1.83. The number of carbonyl (C=O) groups is 4. The van der Waals surface area contributed by atoms with Crippen LogP contribution >= 0.6 is 23.5 Å². The van der Waals surface area contributed by atoms with Crippen LogP contribution in [0.3, 0.4) is 0 Å². The lowest BCUT2D eigenvalue weighted by Gasteiger charge is -2.14. The van der Waals surface area contributed by atoms with Gasteiger partial charge in [0.05, 0.1) is 41.6 Å². The summed E-state index contributed by atoms with van der Waals surface area (Å²) in [7, 11) is 1.51. The lowest BCUT2D eigenvalue weighted by molar-refractivity contribution is -0.140. The number of thioether (sulfide) groups is 2. The molecule has 2 aromatic rings. The van der Waals surface area contributed by atoms with Crippen molar-refractivity contribution in [1.29, 1.82) is 0 Å². The summed E-state index contributed by atoms with van der Waals surface area (Å²) in [5.41, 5.74) is 0.349. The molecule has 1 aromatic heterocycles. The first-order valence-corrected chi connectivity index (χ1v) is 12.3. The lowest BCUT2D eigenvalue weighted by Crippen LogP contribution is -2.17. The topological polar surface area (TPSA) is 109 Å². The largest absolute Gasteiger partial charge is 0.497 e. The van der Waals surface area contributed by atoms with Gasteiger partial charge in [0.15, 0.2) is 11.6 Å². The van der Waals surface area contributed by atoms with Gasteiger partial charge in [-0.25, -0.2) is 0 Å². The molecule has 10 heteroatoms.